The highest BCUT2D eigenvalue weighted by atomic mass is 35.5. The molecule has 90 valence electrons. The normalized spacial score (nSPS) is 33.7. The summed E-state index contributed by atoms with van der Waals surface area (Å²) in [5.74, 6) is 0.239. The van der Waals surface area contributed by atoms with E-state index in [2.05, 4.69) is 19.2 Å². The molecule has 0 aromatic rings. The van der Waals surface area contributed by atoms with Gasteiger partial charge in [-0.3, -0.25) is 4.79 Å². The van der Waals surface area contributed by atoms with E-state index in [1.54, 1.807) is 6.08 Å². The van der Waals surface area contributed by atoms with Crippen molar-refractivity contribution in [2.75, 3.05) is 0 Å². The molecule has 16 heavy (non-hydrogen) atoms. The predicted molar refractivity (Wildman–Crippen MR) is 66.5 cm³/mol. The van der Waals surface area contributed by atoms with E-state index in [0.29, 0.717) is 12.5 Å². The number of hydrogen-bond donors (Lipinski definition) is 1. The van der Waals surface area contributed by atoms with Gasteiger partial charge in [-0.25, -0.2) is 0 Å². The predicted octanol–water partition coefficient (Wildman–Crippen LogP) is 3.01. The monoisotopic (exact) mass is 241 g/mol. The number of allylic oxidation sites excluding steroid dienone is 2. The fourth-order valence-electron chi connectivity index (χ4n) is 2.75. The first-order valence-electron chi connectivity index (χ1n) is 6.10. The van der Waals surface area contributed by atoms with Crippen LogP contribution in [0.4, 0.5) is 0 Å². The van der Waals surface area contributed by atoms with Crippen LogP contribution >= 0.6 is 11.6 Å². The van der Waals surface area contributed by atoms with Crippen LogP contribution in [0.2, 0.25) is 0 Å². The number of halogens is 1. The van der Waals surface area contributed by atoms with Gasteiger partial charge >= 0.3 is 0 Å². The Hall–Kier alpha value is -0.500. The smallest absolute Gasteiger partial charge is 0.157 e. The SMILES string of the molecule is CC1(C)CC(=O)C=C(N[C@@H]2CCC[C@H]2Cl)C1. The van der Waals surface area contributed by atoms with Crippen molar-refractivity contribution in [1.29, 1.82) is 0 Å². The van der Waals surface area contributed by atoms with Crippen LogP contribution in [0.15, 0.2) is 11.8 Å². The van der Waals surface area contributed by atoms with Gasteiger partial charge in [-0.2, -0.15) is 0 Å². The van der Waals surface area contributed by atoms with E-state index < -0.39 is 0 Å². The number of rotatable bonds is 2. The van der Waals surface area contributed by atoms with Gasteiger partial charge < -0.3 is 5.32 Å². The number of carbonyl (C=O) groups excluding carboxylic acids is 1. The largest absolute Gasteiger partial charge is 0.384 e. The highest BCUT2D eigenvalue weighted by Crippen LogP contribution is 2.34. The van der Waals surface area contributed by atoms with Crippen molar-refractivity contribution >= 4 is 17.4 Å². The average Bonchev–Trinajstić information content (AvgIpc) is 2.48. The van der Waals surface area contributed by atoms with Gasteiger partial charge in [0.2, 0.25) is 0 Å². The maximum atomic E-state index is 11.6. The van der Waals surface area contributed by atoms with Crippen LogP contribution in [0, 0.1) is 5.41 Å². The number of alkyl halides is 1. The van der Waals surface area contributed by atoms with Crippen molar-refractivity contribution in [2.45, 2.75) is 57.4 Å². The lowest BCUT2D eigenvalue weighted by molar-refractivity contribution is -0.117. The van der Waals surface area contributed by atoms with E-state index in [-0.39, 0.29) is 16.6 Å². The second-order valence-corrected chi connectivity index (χ2v) is 6.41. The van der Waals surface area contributed by atoms with Crippen LogP contribution < -0.4 is 5.32 Å². The van der Waals surface area contributed by atoms with E-state index >= 15 is 0 Å². The summed E-state index contributed by atoms with van der Waals surface area (Å²) in [7, 11) is 0. The molecule has 1 fully saturated rings. The summed E-state index contributed by atoms with van der Waals surface area (Å²) in [6, 6.07) is 0.356. The highest BCUT2D eigenvalue weighted by molar-refractivity contribution is 6.21. The quantitative estimate of drug-likeness (QED) is 0.753. The topological polar surface area (TPSA) is 29.1 Å². The van der Waals surface area contributed by atoms with Gasteiger partial charge in [-0.1, -0.05) is 13.8 Å². The minimum absolute atomic E-state index is 0.0918. The van der Waals surface area contributed by atoms with Crippen molar-refractivity contribution in [3.63, 3.8) is 0 Å². The second-order valence-electron chi connectivity index (χ2n) is 5.85. The van der Waals surface area contributed by atoms with Crippen molar-refractivity contribution in [1.82, 2.24) is 5.32 Å². The molecule has 0 aromatic carbocycles. The average molecular weight is 242 g/mol. The Balaban J connectivity index is 2.01. The minimum atomic E-state index is 0.0918. The Labute approximate surface area is 102 Å². The molecule has 0 saturated heterocycles. The highest BCUT2D eigenvalue weighted by Gasteiger charge is 2.31. The maximum Gasteiger partial charge on any atom is 0.157 e. The van der Waals surface area contributed by atoms with E-state index in [0.717, 1.165) is 25.0 Å². The zero-order chi connectivity index (χ0) is 11.8. The van der Waals surface area contributed by atoms with Crippen LogP contribution in [0.3, 0.4) is 0 Å². The van der Waals surface area contributed by atoms with Crippen LogP contribution in [0.1, 0.15) is 46.0 Å². The summed E-state index contributed by atoms with van der Waals surface area (Å²) < 4.78 is 0. The van der Waals surface area contributed by atoms with Gasteiger partial charge in [0.25, 0.3) is 0 Å². The summed E-state index contributed by atoms with van der Waals surface area (Å²) in [5, 5.41) is 3.69. The zero-order valence-electron chi connectivity index (χ0n) is 10.1. The lowest BCUT2D eigenvalue weighted by Gasteiger charge is -2.31. The molecular weight excluding hydrogens is 222 g/mol. The Kier molecular flexibility index (Phi) is 3.29. The summed E-state index contributed by atoms with van der Waals surface area (Å²) in [6.07, 6.45) is 6.79. The molecule has 0 aliphatic heterocycles. The Bertz CT molecular complexity index is 322. The third-order valence-corrected chi connectivity index (χ3v) is 3.98. The molecule has 0 spiro atoms. The lowest BCUT2D eigenvalue weighted by Crippen LogP contribution is -2.36. The van der Waals surface area contributed by atoms with Gasteiger partial charge in [0.15, 0.2) is 5.78 Å². The van der Waals surface area contributed by atoms with E-state index in [4.69, 9.17) is 11.6 Å². The second kappa shape index (κ2) is 4.40. The fourth-order valence-corrected chi connectivity index (χ4v) is 3.10. The third-order valence-electron chi connectivity index (χ3n) is 3.46. The van der Waals surface area contributed by atoms with Gasteiger partial charge in [0, 0.05) is 24.2 Å². The molecule has 2 aliphatic carbocycles. The number of ketones is 1. The first-order chi connectivity index (χ1) is 7.46. The van der Waals surface area contributed by atoms with E-state index in [1.165, 1.54) is 6.42 Å². The first-order valence-corrected chi connectivity index (χ1v) is 6.54. The molecule has 0 unspecified atom stereocenters. The van der Waals surface area contributed by atoms with Crippen molar-refractivity contribution in [2.24, 2.45) is 5.41 Å². The molecule has 2 rings (SSSR count). The van der Waals surface area contributed by atoms with Crippen molar-refractivity contribution < 1.29 is 4.79 Å². The Morgan fingerprint density at radius 1 is 1.38 bits per heavy atom. The Morgan fingerprint density at radius 2 is 2.12 bits per heavy atom. The van der Waals surface area contributed by atoms with Gasteiger partial charge in [0.1, 0.15) is 0 Å². The van der Waals surface area contributed by atoms with Gasteiger partial charge in [-0.15, -0.1) is 11.6 Å². The molecule has 0 aromatic heterocycles. The van der Waals surface area contributed by atoms with E-state index in [1.807, 2.05) is 0 Å². The molecule has 2 atom stereocenters. The van der Waals surface area contributed by atoms with Crippen molar-refractivity contribution in [3.8, 4) is 0 Å². The fraction of sp³-hybridized carbons (Fsp3) is 0.769. The molecule has 2 nitrogen and oxygen atoms in total. The van der Waals surface area contributed by atoms with Crippen LogP contribution in [0.5, 0.6) is 0 Å². The number of carbonyl (C=O) groups is 1. The minimum Gasteiger partial charge on any atom is -0.384 e. The first kappa shape index (κ1) is 12.0. The summed E-state index contributed by atoms with van der Waals surface area (Å²) in [5.41, 5.74) is 1.17. The van der Waals surface area contributed by atoms with Crippen LogP contribution in [0.25, 0.3) is 0 Å². The van der Waals surface area contributed by atoms with Gasteiger partial charge in [0.05, 0.1) is 5.38 Å². The standard InChI is InChI=1S/C13H20ClNO/c1-13(2)7-9(6-10(16)8-13)15-12-5-3-4-11(12)14/h6,11-12,15H,3-5,7-8H2,1-2H3/t11-,12-/m1/s1. The van der Waals surface area contributed by atoms with Crippen LogP contribution in [-0.2, 0) is 4.79 Å². The summed E-state index contributed by atoms with van der Waals surface area (Å²) >= 11 is 6.23. The molecule has 0 radical (unpaired) electrons. The van der Waals surface area contributed by atoms with Crippen LogP contribution in [-0.4, -0.2) is 17.2 Å². The molecular formula is C13H20ClNO. The van der Waals surface area contributed by atoms with Gasteiger partial charge in [-0.05, 0) is 31.1 Å². The molecule has 1 saturated carbocycles. The number of hydrogen-bond acceptors (Lipinski definition) is 2. The summed E-state index contributed by atoms with van der Waals surface area (Å²) in [6.45, 7) is 4.29. The molecule has 0 bridgehead atoms. The molecule has 0 heterocycles. The maximum absolute atomic E-state index is 11.6. The summed E-state index contributed by atoms with van der Waals surface area (Å²) in [4.78, 5) is 11.6. The van der Waals surface area contributed by atoms with E-state index in [9.17, 15) is 4.79 Å². The van der Waals surface area contributed by atoms with Crippen molar-refractivity contribution in [3.05, 3.63) is 11.8 Å². The molecule has 3 heteroatoms. The molecule has 2 aliphatic rings. The number of nitrogens with one attached hydrogen (secondary N) is 1. The lowest BCUT2D eigenvalue weighted by atomic mass is 9.79. The third kappa shape index (κ3) is 2.79. The zero-order valence-corrected chi connectivity index (χ0v) is 10.8. The molecule has 0 amide bonds. The Morgan fingerprint density at radius 3 is 2.69 bits per heavy atom. The molecule has 1 N–H and O–H groups in total.